The molecule has 0 unspecified atom stereocenters. The van der Waals surface area contributed by atoms with E-state index < -0.39 is 6.36 Å². The maximum absolute atomic E-state index is 11.5. The summed E-state index contributed by atoms with van der Waals surface area (Å²) in [5, 5.41) is 0. The van der Waals surface area contributed by atoms with Crippen molar-refractivity contribution in [2.75, 3.05) is 0 Å². The molecule has 0 fully saturated rings. The Balaban J connectivity index is 4.03. The van der Waals surface area contributed by atoms with E-state index in [1.54, 1.807) is 0 Å². The summed E-state index contributed by atoms with van der Waals surface area (Å²) in [5.41, 5.74) is 0. The summed E-state index contributed by atoms with van der Waals surface area (Å²) in [7, 11) is 0. The Hall–Kier alpha value is -1.19. The van der Waals surface area contributed by atoms with Gasteiger partial charge in [0.05, 0.1) is 0 Å². The van der Waals surface area contributed by atoms with Gasteiger partial charge >= 0.3 is 6.36 Å². The Bertz CT molecular complexity index is 201. The second kappa shape index (κ2) is 4.64. The minimum atomic E-state index is -4.61. The van der Waals surface area contributed by atoms with Crippen molar-refractivity contribution in [3.05, 3.63) is 36.6 Å². The molecule has 0 bridgehead atoms. The maximum atomic E-state index is 11.5. The van der Waals surface area contributed by atoms with Crippen molar-refractivity contribution in [3.8, 4) is 0 Å². The third kappa shape index (κ3) is 6.92. The van der Waals surface area contributed by atoms with Gasteiger partial charge in [0, 0.05) is 0 Å². The fraction of sp³-hybridized carbons (Fsp3) is 0.250. The molecule has 0 spiro atoms. The first-order valence-electron chi connectivity index (χ1n) is 3.17. The van der Waals surface area contributed by atoms with E-state index in [-0.39, 0.29) is 5.76 Å². The van der Waals surface area contributed by atoms with E-state index in [9.17, 15) is 13.2 Å². The summed E-state index contributed by atoms with van der Waals surface area (Å²) >= 11 is 0. The van der Waals surface area contributed by atoms with E-state index in [4.69, 9.17) is 0 Å². The summed E-state index contributed by atoms with van der Waals surface area (Å²) in [4.78, 5) is 0. The van der Waals surface area contributed by atoms with Crippen LogP contribution >= 0.6 is 0 Å². The lowest BCUT2D eigenvalue weighted by Crippen LogP contribution is -2.11. The first-order chi connectivity index (χ1) is 5.45. The van der Waals surface area contributed by atoms with Crippen LogP contribution < -0.4 is 0 Å². The molecule has 0 aromatic rings. The molecule has 68 valence electrons. The summed E-state index contributed by atoms with van der Waals surface area (Å²) in [5.74, 6) is -0.208. The molecule has 12 heavy (non-hydrogen) atoms. The highest BCUT2D eigenvalue weighted by molar-refractivity contribution is 5.10. The maximum Gasteiger partial charge on any atom is 0.572 e. The summed E-state index contributed by atoms with van der Waals surface area (Å²) < 4.78 is 38.1. The summed E-state index contributed by atoms with van der Waals surface area (Å²) in [6, 6.07) is 0. The van der Waals surface area contributed by atoms with Crippen LogP contribution in [0.1, 0.15) is 6.92 Å². The van der Waals surface area contributed by atoms with Crippen molar-refractivity contribution in [2.45, 2.75) is 13.3 Å². The van der Waals surface area contributed by atoms with Crippen LogP contribution in [0.15, 0.2) is 36.6 Å². The smallest absolute Gasteiger partial charge is 0.411 e. The number of rotatable bonds is 3. The highest BCUT2D eigenvalue weighted by Crippen LogP contribution is 2.20. The first kappa shape index (κ1) is 10.8. The van der Waals surface area contributed by atoms with Crippen molar-refractivity contribution in [1.29, 1.82) is 0 Å². The van der Waals surface area contributed by atoms with Crippen LogP contribution in [0.2, 0.25) is 0 Å². The highest BCUT2D eigenvalue weighted by Gasteiger charge is 2.30. The molecule has 0 atom stereocenters. The first-order valence-corrected chi connectivity index (χ1v) is 3.17. The van der Waals surface area contributed by atoms with Gasteiger partial charge in [-0.25, -0.2) is 0 Å². The molecule has 0 aromatic heterocycles. The van der Waals surface area contributed by atoms with Crippen LogP contribution in [0.3, 0.4) is 0 Å². The quantitative estimate of drug-likeness (QED) is 0.476. The van der Waals surface area contributed by atoms with Gasteiger partial charge in [-0.3, -0.25) is 0 Å². The number of halogens is 3. The largest absolute Gasteiger partial charge is 0.572 e. The SMILES string of the molecule is C=C/C=C\C=C(/C)OC(F)(F)F. The van der Waals surface area contributed by atoms with E-state index in [2.05, 4.69) is 11.3 Å². The second-order valence-electron chi connectivity index (χ2n) is 1.95. The van der Waals surface area contributed by atoms with E-state index in [1.807, 2.05) is 0 Å². The standard InChI is InChI=1S/C8H9F3O/c1-3-4-5-6-7(2)12-8(9,10)11/h3-6H,1H2,2H3/b5-4-,7-6+. The van der Waals surface area contributed by atoms with Crippen LogP contribution in [0.4, 0.5) is 13.2 Å². The Morgan fingerprint density at radius 2 is 1.92 bits per heavy atom. The average molecular weight is 178 g/mol. The number of alkyl halides is 3. The van der Waals surface area contributed by atoms with Crippen molar-refractivity contribution < 1.29 is 17.9 Å². The summed E-state index contributed by atoms with van der Waals surface area (Å²) in [6.45, 7) is 4.58. The zero-order valence-corrected chi connectivity index (χ0v) is 6.56. The molecule has 0 aliphatic carbocycles. The lowest BCUT2D eigenvalue weighted by molar-refractivity contribution is -0.305. The van der Waals surface area contributed by atoms with Crippen molar-refractivity contribution in [1.82, 2.24) is 0 Å². The Morgan fingerprint density at radius 3 is 2.33 bits per heavy atom. The molecule has 0 saturated carbocycles. The molecule has 0 radical (unpaired) electrons. The zero-order chi connectivity index (χ0) is 9.61. The van der Waals surface area contributed by atoms with Gasteiger partial charge in [-0.15, -0.1) is 13.2 Å². The number of allylic oxidation sites excluding steroid dienone is 5. The molecular weight excluding hydrogens is 169 g/mol. The fourth-order valence-corrected chi connectivity index (χ4v) is 0.486. The molecule has 0 heterocycles. The van der Waals surface area contributed by atoms with Gasteiger partial charge in [-0.05, 0) is 13.0 Å². The normalized spacial score (nSPS) is 13.5. The Morgan fingerprint density at radius 1 is 1.33 bits per heavy atom. The minimum Gasteiger partial charge on any atom is -0.411 e. The summed E-state index contributed by atoms with van der Waals surface area (Å²) in [6.07, 6.45) is 0.965. The van der Waals surface area contributed by atoms with Crippen molar-refractivity contribution in [2.24, 2.45) is 0 Å². The molecule has 0 N–H and O–H groups in total. The van der Waals surface area contributed by atoms with Gasteiger partial charge in [-0.1, -0.05) is 24.8 Å². The monoisotopic (exact) mass is 178 g/mol. The van der Waals surface area contributed by atoms with Gasteiger partial charge in [0.15, 0.2) is 0 Å². The Kier molecular flexibility index (Phi) is 4.18. The van der Waals surface area contributed by atoms with Gasteiger partial charge in [0.2, 0.25) is 0 Å². The van der Waals surface area contributed by atoms with E-state index in [0.29, 0.717) is 0 Å². The zero-order valence-electron chi connectivity index (χ0n) is 6.56. The van der Waals surface area contributed by atoms with Crippen LogP contribution in [-0.4, -0.2) is 6.36 Å². The van der Waals surface area contributed by atoms with Crippen LogP contribution in [0.25, 0.3) is 0 Å². The predicted octanol–water partition coefficient (Wildman–Crippen LogP) is 3.17. The average Bonchev–Trinajstić information content (AvgIpc) is 1.84. The molecule has 0 saturated heterocycles. The molecule has 0 aliphatic rings. The number of hydrogen-bond acceptors (Lipinski definition) is 1. The van der Waals surface area contributed by atoms with Gasteiger partial charge in [0.1, 0.15) is 5.76 Å². The fourth-order valence-electron chi connectivity index (χ4n) is 0.486. The topological polar surface area (TPSA) is 9.23 Å². The molecule has 0 aromatic carbocycles. The van der Waals surface area contributed by atoms with E-state index >= 15 is 0 Å². The number of ether oxygens (including phenoxy) is 1. The Labute approximate surface area is 68.8 Å². The lowest BCUT2D eigenvalue weighted by Gasteiger charge is -2.07. The minimum absolute atomic E-state index is 0.208. The molecule has 4 heteroatoms. The molecule has 0 rings (SSSR count). The number of hydrogen-bond donors (Lipinski definition) is 0. The highest BCUT2D eigenvalue weighted by atomic mass is 19.4. The van der Waals surface area contributed by atoms with Crippen LogP contribution in [-0.2, 0) is 4.74 Å². The van der Waals surface area contributed by atoms with Crippen LogP contribution in [0, 0.1) is 0 Å². The van der Waals surface area contributed by atoms with Crippen molar-refractivity contribution in [3.63, 3.8) is 0 Å². The van der Waals surface area contributed by atoms with Gasteiger partial charge in [-0.2, -0.15) is 0 Å². The molecule has 1 nitrogen and oxygen atoms in total. The van der Waals surface area contributed by atoms with E-state index in [0.717, 1.165) is 0 Å². The molecule has 0 aliphatic heterocycles. The molecular formula is C8H9F3O. The van der Waals surface area contributed by atoms with Crippen LogP contribution in [0.5, 0.6) is 0 Å². The van der Waals surface area contributed by atoms with Crippen molar-refractivity contribution >= 4 is 0 Å². The second-order valence-corrected chi connectivity index (χ2v) is 1.95. The lowest BCUT2D eigenvalue weighted by atomic mass is 10.4. The third-order valence-corrected chi connectivity index (χ3v) is 0.855. The third-order valence-electron chi connectivity index (χ3n) is 0.855. The predicted molar refractivity (Wildman–Crippen MR) is 40.2 cm³/mol. The molecule has 0 amide bonds. The van der Waals surface area contributed by atoms with E-state index in [1.165, 1.54) is 31.2 Å². The van der Waals surface area contributed by atoms with Gasteiger partial charge in [0.25, 0.3) is 0 Å². The van der Waals surface area contributed by atoms with Gasteiger partial charge < -0.3 is 4.74 Å².